The lowest BCUT2D eigenvalue weighted by Crippen LogP contribution is -2.18. The first kappa shape index (κ1) is 14.1. The van der Waals surface area contributed by atoms with Crippen LogP contribution in [0.4, 0.5) is 0 Å². The molecule has 1 fully saturated rings. The first-order valence-electron chi connectivity index (χ1n) is 7.41. The number of esters is 1. The second-order valence-corrected chi connectivity index (χ2v) is 5.47. The number of imidazole rings is 1. The molecule has 106 valence electrons. The van der Waals surface area contributed by atoms with Gasteiger partial charge in [0.15, 0.2) is 5.69 Å². The van der Waals surface area contributed by atoms with Gasteiger partial charge < -0.3 is 9.30 Å². The van der Waals surface area contributed by atoms with Crippen LogP contribution in [0.25, 0.3) is 0 Å². The van der Waals surface area contributed by atoms with E-state index in [0.717, 1.165) is 18.4 Å². The highest BCUT2D eigenvalue weighted by Crippen LogP contribution is 2.31. The zero-order chi connectivity index (χ0) is 13.7. The Kier molecular flexibility index (Phi) is 5.00. The maximum Gasteiger partial charge on any atom is 0.358 e. The lowest BCUT2D eigenvalue weighted by atomic mass is 9.81. The molecule has 1 aliphatic carbocycles. The Morgan fingerprint density at radius 3 is 2.63 bits per heavy atom. The van der Waals surface area contributed by atoms with Gasteiger partial charge in [0.05, 0.1) is 12.9 Å². The predicted molar refractivity (Wildman–Crippen MR) is 73.9 cm³/mol. The van der Waals surface area contributed by atoms with Gasteiger partial charge in [-0.3, -0.25) is 0 Å². The SMILES string of the molecule is CCOC(=O)c1cn(CC2CCC(CC)CC2)cn1. The highest BCUT2D eigenvalue weighted by molar-refractivity contribution is 5.86. The fourth-order valence-electron chi connectivity index (χ4n) is 2.89. The zero-order valence-electron chi connectivity index (χ0n) is 12.0. The van der Waals surface area contributed by atoms with E-state index >= 15 is 0 Å². The highest BCUT2D eigenvalue weighted by Gasteiger charge is 2.20. The first-order valence-corrected chi connectivity index (χ1v) is 7.41. The molecule has 1 aliphatic rings. The van der Waals surface area contributed by atoms with Crippen LogP contribution in [0, 0.1) is 11.8 Å². The van der Waals surface area contributed by atoms with Gasteiger partial charge in [0.1, 0.15) is 0 Å². The van der Waals surface area contributed by atoms with E-state index in [2.05, 4.69) is 11.9 Å². The van der Waals surface area contributed by atoms with Crippen molar-refractivity contribution in [3.63, 3.8) is 0 Å². The lowest BCUT2D eigenvalue weighted by molar-refractivity contribution is 0.0520. The van der Waals surface area contributed by atoms with Crippen LogP contribution < -0.4 is 0 Å². The van der Waals surface area contributed by atoms with Gasteiger partial charge in [-0.25, -0.2) is 9.78 Å². The molecule has 0 aliphatic heterocycles. The molecular weight excluding hydrogens is 240 g/mol. The van der Waals surface area contributed by atoms with Crippen LogP contribution in [0.1, 0.15) is 56.4 Å². The third kappa shape index (κ3) is 3.82. The number of hydrogen-bond acceptors (Lipinski definition) is 3. The minimum absolute atomic E-state index is 0.323. The van der Waals surface area contributed by atoms with Crippen molar-refractivity contribution in [3.05, 3.63) is 18.2 Å². The van der Waals surface area contributed by atoms with Gasteiger partial charge in [-0.05, 0) is 31.6 Å². The third-order valence-electron chi connectivity index (χ3n) is 4.13. The summed E-state index contributed by atoms with van der Waals surface area (Å²) in [6, 6.07) is 0. The Labute approximate surface area is 115 Å². The number of ether oxygens (including phenoxy) is 1. The van der Waals surface area contributed by atoms with E-state index in [4.69, 9.17) is 4.74 Å². The molecule has 19 heavy (non-hydrogen) atoms. The molecule has 0 saturated heterocycles. The summed E-state index contributed by atoms with van der Waals surface area (Å²) >= 11 is 0. The van der Waals surface area contributed by atoms with Crippen LogP contribution in [-0.4, -0.2) is 22.1 Å². The van der Waals surface area contributed by atoms with Crippen molar-refractivity contribution in [2.24, 2.45) is 11.8 Å². The van der Waals surface area contributed by atoms with E-state index in [1.807, 2.05) is 10.8 Å². The summed E-state index contributed by atoms with van der Waals surface area (Å²) in [6.07, 6.45) is 10.2. The zero-order valence-corrected chi connectivity index (χ0v) is 12.0. The molecule has 1 aromatic rings. The Balaban J connectivity index is 1.85. The molecule has 0 unspecified atom stereocenters. The first-order chi connectivity index (χ1) is 9.22. The van der Waals surface area contributed by atoms with Crippen molar-refractivity contribution in [1.82, 2.24) is 9.55 Å². The van der Waals surface area contributed by atoms with Crippen LogP contribution in [0.3, 0.4) is 0 Å². The second kappa shape index (κ2) is 6.73. The van der Waals surface area contributed by atoms with Gasteiger partial charge in [-0.2, -0.15) is 0 Å². The van der Waals surface area contributed by atoms with E-state index in [9.17, 15) is 4.79 Å². The summed E-state index contributed by atoms with van der Waals surface area (Å²) in [5.74, 6) is 1.33. The van der Waals surface area contributed by atoms with Crippen LogP contribution >= 0.6 is 0 Å². The molecular formula is C15H24N2O2. The Morgan fingerprint density at radius 2 is 2.00 bits per heavy atom. The number of carbonyl (C=O) groups is 1. The molecule has 0 amide bonds. The van der Waals surface area contributed by atoms with Crippen LogP contribution in [0.5, 0.6) is 0 Å². The van der Waals surface area contributed by atoms with E-state index < -0.39 is 0 Å². The van der Waals surface area contributed by atoms with Crippen molar-refractivity contribution in [2.45, 2.75) is 52.5 Å². The normalized spacial score (nSPS) is 23.3. The van der Waals surface area contributed by atoms with Gasteiger partial charge >= 0.3 is 5.97 Å². The Bertz CT molecular complexity index is 406. The van der Waals surface area contributed by atoms with E-state index in [0.29, 0.717) is 12.3 Å². The second-order valence-electron chi connectivity index (χ2n) is 5.47. The smallest absolute Gasteiger partial charge is 0.358 e. The van der Waals surface area contributed by atoms with E-state index in [1.54, 1.807) is 13.3 Å². The molecule has 0 bridgehead atoms. The Morgan fingerprint density at radius 1 is 1.32 bits per heavy atom. The molecule has 1 aromatic heterocycles. The quantitative estimate of drug-likeness (QED) is 0.767. The topological polar surface area (TPSA) is 44.1 Å². The van der Waals surface area contributed by atoms with Crippen LogP contribution in [0.2, 0.25) is 0 Å². The maximum absolute atomic E-state index is 11.5. The molecule has 0 aromatic carbocycles. The monoisotopic (exact) mass is 264 g/mol. The summed E-state index contributed by atoms with van der Waals surface area (Å²) in [5.41, 5.74) is 0.420. The van der Waals surface area contributed by atoms with Gasteiger partial charge in [0.25, 0.3) is 0 Å². The molecule has 1 heterocycles. The summed E-state index contributed by atoms with van der Waals surface area (Å²) < 4.78 is 6.98. The number of nitrogens with zero attached hydrogens (tertiary/aromatic N) is 2. The highest BCUT2D eigenvalue weighted by atomic mass is 16.5. The molecule has 0 N–H and O–H groups in total. The molecule has 4 nitrogen and oxygen atoms in total. The largest absolute Gasteiger partial charge is 0.461 e. The molecule has 2 rings (SSSR count). The van der Waals surface area contributed by atoms with Gasteiger partial charge in [0, 0.05) is 12.7 Å². The summed E-state index contributed by atoms with van der Waals surface area (Å²) in [6.45, 7) is 5.46. The van der Waals surface area contributed by atoms with E-state index in [1.165, 1.54) is 32.1 Å². The third-order valence-corrected chi connectivity index (χ3v) is 4.13. The fraction of sp³-hybridized carbons (Fsp3) is 0.733. The molecule has 0 spiro atoms. The molecule has 0 radical (unpaired) electrons. The minimum atomic E-state index is -0.323. The van der Waals surface area contributed by atoms with Gasteiger partial charge in [0.2, 0.25) is 0 Å². The van der Waals surface area contributed by atoms with E-state index in [-0.39, 0.29) is 5.97 Å². The molecule has 1 saturated carbocycles. The molecule has 0 atom stereocenters. The van der Waals surface area contributed by atoms with Gasteiger partial charge in [-0.1, -0.05) is 26.2 Å². The average Bonchev–Trinajstić information content (AvgIpc) is 2.88. The summed E-state index contributed by atoms with van der Waals surface area (Å²) in [7, 11) is 0. The summed E-state index contributed by atoms with van der Waals surface area (Å²) in [4.78, 5) is 15.7. The predicted octanol–water partition coefficient (Wildman–Crippen LogP) is 3.28. The van der Waals surface area contributed by atoms with Crippen LogP contribution in [-0.2, 0) is 11.3 Å². The number of rotatable bonds is 5. The van der Waals surface area contributed by atoms with Crippen molar-refractivity contribution < 1.29 is 9.53 Å². The molecule has 4 heteroatoms. The average molecular weight is 264 g/mol. The fourth-order valence-corrected chi connectivity index (χ4v) is 2.89. The number of aromatic nitrogens is 2. The van der Waals surface area contributed by atoms with Crippen molar-refractivity contribution in [3.8, 4) is 0 Å². The number of hydrogen-bond donors (Lipinski definition) is 0. The maximum atomic E-state index is 11.5. The number of carbonyl (C=O) groups excluding carboxylic acids is 1. The van der Waals surface area contributed by atoms with Crippen molar-refractivity contribution in [2.75, 3.05) is 6.61 Å². The Hall–Kier alpha value is -1.32. The van der Waals surface area contributed by atoms with Crippen molar-refractivity contribution in [1.29, 1.82) is 0 Å². The van der Waals surface area contributed by atoms with Crippen molar-refractivity contribution >= 4 is 5.97 Å². The summed E-state index contributed by atoms with van der Waals surface area (Å²) in [5, 5.41) is 0. The minimum Gasteiger partial charge on any atom is -0.461 e. The lowest BCUT2D eigenvalue weighted by Gasteiger charge is -2.27. The van der Waals surface area contributed by atoms with Gasteiger partial charge in [-0.15, -0.1) is 0 Å². The van der Waals surface area contributed by atoms with Crippen LogP contribution in [0.15, 0.2) is 12.5 Å². The standard InChI is InChI=1S/C15H24N2O2/c1-3-12-5-7-13(8-6-12)9-17-10-14(16-11-17)15(18)19-4-2/h10-13H,3-9H2,1-2H3.